The molecule has 2 heteroatoms. The van der Waals surface area contributed by atoms with Crippen LogP contribution in [-0.2, 0) is 0 Å². The summed E-state index contributed by atoms with van der Waals surface area (Å²) in [7, 11) is 0. The Bertz CT molecular complexity index is 470. The molecular formula is C21H37BrO. The largest absolute Gasteiger partial charge is 0.391 e. The fraction of sp³-hybridized carbons (Fsp3) is 1.00. The first-order valence-corrected chi connectivity index (χ1v) is 10.6. The zero-order valence-corrected chi connectivity index (χ0v) is 17.7. The zero-order valence-electron chi connectivity index (χ0n) is 16.1. The molecule has 0 unspecified atom stereocenters. The molecule has 0 amide bonds. The molecule has 23 heavy (non-hydrogen) atoms. The molecule has 0 aromatic carbocycles. The Kier molecular flexibility index (Phi) is 4.33. The molecule has 3 aliphatic carbocycles. The molecule has 3 rings (SSSR count). The van der Waals surface area contributed by atoms with Gasteiger partial charge in [0.2, 0.25) is 0 Å². The predicted molar refractivity (Wildman–Crippen MR) is 102 cm³/mol. The lowest BCUT2D eigenvalue weighted by Gasteiger charge is -2.64. The SMILES string of the molecule is C[C@@H]1CC[C@]2(Br)[C@@H](O)[C@@H]3C(C)(C)CCC[C@@]3(C)CC[C@H]1C2(C)C. The van der Waals surface area contributed by atoms with E-state index in [2.05, 4.69) is 57.5 Å². The molecule has 3 aliphatic rings. The number of rotatable bonds is 0. The number of hydrogen-bond acceptors (Lipinski definition) is 1. The summed E-state index contributed by atoms with van der Waals surface area (Å²) < 4.78 is -0.127. The lowest BCUT2D eigenvalue weighted by Crippen LogP contribution is -2.64. The third-order valence-corrected chi connectivity index (χ3v) is 10.5. The number of alkyl halides is 1. The molecule has 3 fully saturated rings. The van der Waals surface area contributed by atoms with Gasteiger partial charge in [0.1, 0.15) is 0 Å². The van der Waals surface area contributed by atoms with Crippen LogP contribution in [-0.4, -0.2) is 15.5 Å². The van der Waals surface area contributed by atoms with Crippen molar-refractivity contribution >= 4 is 15.9 Å². The van der Waals surface area contributed by atoms with Gasteiger partial charge in [-0.25, -0.2) is 0 Å². The molecule has 6 atom stereocenters. The first-order chi connectivity index (χ1) is 10.5. The molecular weight excluding hydrogens is 348 g/mol. The maximum atomic E-state index is 11.8. The molecule has 1 nitrogen and oxygen atoms in total. The van der Waals surface area contributed by atoms with Gasteiger partial charge < -0.3 is 5.11 Å². The van der Waals surface area contributed by atoms with Gasteiger partial charge in [-0.15, -0.1) is 0 Å². The van der Waals surface area contributed by atoms with Crippen molar-refractivity contribution in [1.29, 1.82) is 0 Å². The Labute approximate surface area is 152 Å². The van der Waals surface area contributed by atoms with Crippen LogP contribution in [0.2, 0.25) is 0 Å². The normalized spacial score (nSPS) is 52.2. The standard InChI is InChI=1S/C21H37BrO/c1-14-8-13-21(22)17(23)16-18(2,3)10-7-11-20(16,6)12-9-15(14)19(21,4)5/h14-17,23H,7-13H2,1-6H3/t14-,15-,16-,17+,20+,21+/m1/s1. The number of aliphatic hydroxyl groups is 1. The first-order valence-electron chi connectivity index (χ1n) is 9.83. The molecule has 1 N–H and O–H groups in total. The average molecular weight is 385 g/mol. The summed E-state index contributed by atoms with van der Waals surface area (Å²) >= 11 is 4.17. The van der Waals surface area contributed by atoms with Gasteiger partial charge in [-0.2, -0.15) is 0 Å². The summed E-state index contributed by atoms with van der Waals surface area (Å²) in [6.07, 6.45) is 8.62. The van der Waals surface area contributed by atoms with Crippen LogP contribution in [0.25, 0.3) is 0 Å². The Morgan fingerprint density at radius 3 is 2.22 bits per heavy atom. The highest BCUT2D eigenvalue weighted by atomic mass is 79.9. The lowest BCUT2D eigenvalue weighted by molar-refractivity contribution is -0.151. The minimum Gasteiger partial charge on any atom is -0.391 e. The van der Waals surface area contributed by atoms with Crippen LogP contribution >= 0.6 is 15.9 Å². The Morgan fingerprint density at radius 1 is 0.913 bits per heavy atom. The van der Waals surface area contributed by atoms with Gasteiger partial charge in [0.05, 0.1) is 10.4 Å². The van der Waals surface area contributed by atoms with Gasteiger partial charge in [-0.1, -0.05) is 63.9 Å². The smallest absolute Gasteiger partial charge is 0.0736 e. The molecule has 0 aliphatic heterocycles. The second kappa shape index (κ2) is 5.47. The minimum atomic E-state index is -0.243. The summed E-state index contributed by atoms with van der Waals surface area (Å²) in [5.74, 6) is 1.89. The third-order valence-electron chi connectivity index (χ3n) is 8.62. The molecule has 0 saturated heterocycles. The van der Waals surface area contributed by atoms with Crippen molar-refractivity contribution in [2.75, 3.05) is 0 Å². The highest BCUT2D eigenvalue weighted by Crippen LogP contribution is 2.66. The van der Waals surface area contributed by atoms with Crippen LogP contribution in [0.15, 0.2) is 0 Å². The van der Waals surface area contributed by atoms with E-state index in [0.717, 1.165) is 12.3 Å². The molecule has 0 spiro atoms. The third kappa shape index (κ3) is 2.48. The maximum Gasteiger partial charge on any atom is 0.0736 e. The van der Waals surface area contributed by atoms with E-state index in [9.17, 15) is 5.11 Å². The highest BCUT2D eigenvalue weighted by molar-refractivity contribution is 9.10. The first kappa shape index (κ1) is 18.2. The van der Waals surface area contributed by atoms with Crippen molar-refractivity contribution in [2.45, 2.75) is 96.9 Å². The second-order valence-electron chi connectivity index (χ2n) is 10.7. The monoisotopic (exact) mass is 384 g/mol. The zero-order chi connectivity index (χ0) is 17.3. The molecule has 2 bridgehead atoms. The van der Waals surface area contributed by atoms with Crippen LogP contribution in [0.4, 0.5) is 0 Å². The van der Waals surface area contributed by atoms with Gasteiger partial charge in [-0.3, -0.25) is 0 Å². The summed E-state index contributed by atoms with van der Waals surface area (Å²) in [4.78, 5) is 0. The highest BCUT2D eigenvalue weighted by Gasteiger charge is 2.63. The summed E-state index contributed by atoms with van der Waals surface area (Å²) in [6.45, 7) is 14.6. The fourth-order valence-corrected chi connectivity index (χ4v) is 7.98. The number of fused-ring (bicyclic) bond motifs is 3. The lowest BCUT2D eigenvalue weighted by atomic mass is 9.45. The van der Waals surface area contributed by atoms with Gasteiger partial charge in [0.25, 0.3) is 0 Å². The Balaban J connectivity index is 2.11. The van der Waals surface area contributed by atoms with Gasteiger partial charge >= 0.3 is 0 Å². The van der Waals surface area contributed by atoms with E-state index in [4.69, 9.17) is 0 Å². The van der Waals surface area contributed by atoms with Gasteiger partial charge in [0.15, 0.2) is 0 Å². The molecule has 0 aromatic heterocycles. The topological polar surface area (TPSA) is 20.2 Å². The Hall–Kier alpha value is 0.440. The molecule has 0 radical (unpaired) electrons. The van der Waals surface area contributed by atoms with Crippen molar-refractivity contribution in [1.82, 2.24) is 0 Å². The predicted octanol–water partition coefficient (Wildman–Crippen LogP) is 6.18. The van der Waals surface area contributed by atoms with Gasteiger partial charge in [-0.05, 0) is 72.5 Å². The molecule has 0 heterocycles. The number of aliphatic hydroxyl groups excluding tert-OH is 1. The van der Waals surface area contributed by atoms with E-state index in [0.29, 0.717) is 17.3 Å². The van der Waals surface area contributed by atoms with Crippen LogP contribution < -0.4 is 0 Å². The van der Waals surface area contributed by atoms with Crippen LogP contribution in [0, 0.1) is 34.0 Å². The van der Waals surface area contributed by atoms with E-state index >= 15 is 0 Å². The molecule has 134 valence electrons. The molecule has 3 saturated carbocycles. The van der Waals surface area contributed by atoms with Crippen LogP contribution in [0.1, 0.15) is 86.5 Å². The van der Waals surface area contributed by atoms with E-state index in [1.54, 1.807) is 0 Å². The second-order valence-corrected chi connectivity index (χ2v) is 12.1. The van der Waals surface area contributed by atoms with E-state index < -0.39 is 0 Å². The van der Waals surface area contributed by atoms with Crippen molar-refractivity contribution in [3.05, 3.63) is 0 Å². The fourth-order valence-electron chi connectivity index (χ4n) is 7.20. The van der Waals surface area contributed by atoms with Crippen molar-refractivity contribution in [3.63, 3.8) is 0 Å². The number of hydrogen-bond donors (Lipinski definition) is 1. The number of halogens is 1. The Morgan fingerprint density at radius 2 is 1.57 bits per heavy atom. The van der Waals surface area contributed by atoms with Crippen LogP contribution in [0.5, 0.6) is 0 Å². The summed E-state index contributed by atoms with van der Waals surface area (Å²) in [6, 6.07) is 0. The minimum absolute atomic E-state index is 0.127. The summed E-state index contributed by atoms with van der Waals surface area (Å²) in [5.41, 5.74) is 0.685. The van der Waals surface area contributed by atoms with Crippen molar-refractivity contribution in [2.24, 2.45) is 34.0 Å². The van der Waals surface area contributed by atoms with E-state index in [1.165, 1.54) is 38.5 Å². The quantitative estimate of drug-likeness (QED) is 0.494. The van der Waals surface area contributed by atoms with Crippen molar-refractivity contribution in [3.8, 4) is 0 Å². The van der Waals surface area contributed by atoms with Gasteiger partial charge in [0, 0.05) is 0 Å². The van der Waals surface area contributed by atoms with Crippen LogP contribution in [0.3, 0.4) is 0 Å². The average Bonchev–Trinajstić information content (AvgIpc) is 2.41. The molecule has 0 aromatic rings. The summed E-state index contributed by atoms with van der Waals surface area (Å²) in [5, 5.41) is 11.8. The maximum absolute atomic E-state index is 11.8. The van der Waals surface area contributed by atoms with Crippen molar-refractivity contribution < 1.29 is 5.11 Å². The van der Waals surface area contributed by atoms with E-state index in [1.807, 2.05) is 0 Å². The van der Waals surface area contributed by atoms with E-state index in [-0.39, 0.29) is 21.3 Å².